The average molecular weight is 148 g/mol. The molecule has 0 fully saturated rings. The van der Waals surface area contributed by atoms with Gasteiger partial charge in [-0.3, -0.25) is 0 Å². The van der Waals surface area contributed by atoms with Crippen molar-refractivity contribution < 1.29 is 19.7 Å². The molecule has 0 aromatic carbocycles. The van der Waals surface area contributed by atoms with Crippen LogP contribution in [0.25, 0.3) is 0 Å². The SMILES string of the molecule is CC(O)OC=COC(C)O. The van der Waals surface area contributed by atoms with Gasteiger partial charge < -0.3 is 19.7 Å². The summed E-state index contributed by atoms with van der Waals surface area (Å²) in [6, 6.07) is 0. The summed E-state index contributed by atoms with van der Waals surface area (Å²) in [5.74, 6) is 0. The van der Waals surface area contributed by atoms with Crippen LogP contribution in [0.4, 0.5) is 0 Å². The van der Waals surface area contributed by atoms with E-state index in [4.69, 9.17) is 10.2 Å². The Bertz CT molecular complexity index is 85.9. The van der Waals surface area contributed by atoms with Crippen molar-refractivity contribution >= 4 is 0 Å². The molecule has 2 atom stereocenters. The molecule has 0 heterocycles. The van der Waals surface area contributed by atoms with E-state index in [2.05, 4.69) is 9.47 Å². The first kappa shape index (κ1) is 9.26. The van der Waals surface area contributed by atoms with Crippen molar-refractivity contribution in [3.63, 3.8) is 0 Å². The van der Waals surface area contributed by atoms with Gasteiger partial charge >= 0.3 is 0 Å². The Morgan fingerprint density at radius 2 is 1.30 bits per heavy atom. The first-order valence-electron chi connectivity index (χ1n) is 2.95. The molecule has 10 heavy (non-hydrogen) atoms. The Labute approximate surface area is 59.7 Å². The van der Waals surface area contributed by atoms with E-state index in [1.807, 2.05) is 0 Å². The Balaban J connectivity index is 3.20. The third-order valence-electron chi connectivity index (χ3n) is 0.607. The summed E-state index contributed by atoms with van der Waals surface area (Å²) < 4.78 is 9.06. The molecule has 0 spiro atoms. The van der Waals surface area contributed by atoms with Crippen LogP contribution in [-0.2, 0) is 9.47 Å². The molecule has 2 N–H and O–H groups in total. The third-order valence-corrected chi connectivity index (χ3v) is 0.607. The minimum Gasteiger partial charge on any atom is -0.470 e. The summed E-state index contributed by atoms with van der Waals surface area (Å²) >= 11 is 0. The lowest BCUT2D eigenvalue weighted by Gasteiger charge is -2.03. The summed E-state index contributed by atoms with van der Waals surface area (Å²) in [5.41, 5.74) is 0. The van der Waals surface area contributed by atoms with E-state index in [-0.39, 0.29) is 0 Å². The fourth-order valence-electron chi connectivity index (χ4n) is 0.292. The zero-order valence-corrected chi connectivity index (χ0v) is 6.02. The predicted molar refractivity (Wildman–Crippen MR) is 34.7 cm³/mol. The zero-order chi connectivity index (χ0) is 7.98. The molecule has 0 radical (unpaired) electrons. The molecule has 60 valence electrons. The van der Waals surface area contributed by atoms with Crippen LogP contribution in [0.15, 0.2) is 12.5 Å². The Hall–Kier alpha value is -0.740. The molecule has 0 bridgehead atoms. The largest absolute Gasteiger partial charge is 0.470 e. The molecule has 0 saturated carbocycles. The molecule has 4 heteroatoms. The van der Waals surface area contributed by atoms with Gasteiger partial charge in [0, 0.05) is 0 Å². The second kappa shape index (κ2) is 5.08. The number of hydrogen-bond donors (Lipinski definition) is 2. The summed E-state index contributed by atoms with van der Waals surface area (Å²) in [6.45, 7) is 2.93. The van der Waals surface area contributed by atoms with E-state index in [9.17, 15) is 0 Å². The van der Waals surface area contributed by atoms with Crippen LogP contribution >= 0.6 is 0 Å². The topological polar surface area (TPSA) is 58.9 Å². The zero-order valence-electron chi connectivity index (χ0n) is 6.02. The standard InChI is InChI=1S/C6H12O4/c1-5(7)9-3-4-10-6(2)8/h3-8H,1-2H3. The second-order valence-corrected chi connectivity index (χ2v) is 1.74. The molecule has 0 aromatic heterocycles. The first-order valence-corrected chi connectivity index (χ1v) is 2.95. The average Bonchev–Trinajstić information content (AvgIpc) is 1.79. The van der Waals surface area contributed by atoms with Crippen LogP contribution in [0.2, 0.25) is 0 Å². The van der Waals surface area contributed by atoms with Crippen molar-refractivity contribution in [1.29, 1.82) is 0 Å². The van der Waals surface area contributed by atoms with Gasteiger partial charge in [-0.1, -0.05) is 0 Å². The predicted octanol–water partition coefficient (Wildman–Crippen LogP) is 0.167. The van der Waals surface area contributed by atoms with E-state index >= 15 is 0 Å². The lowest BCUT2D eigenvalue weighted by molar-refractivity contribution is -0.0562. The Morgan fingerprint density at radius 3 is 1.50 bits per heavy atom. The van der Waals surface area contributed by atoms with E-state index in [0.717, 1.165) is 12.5 Å². The minimum absolute atomic E-state index is 0.853. The maximum absolute atomic E-state index is 8.53. The number of aliphatic hydroxyl groups is 2. The molecule has 0 aliphatic carbocycles. The normalized spacial score (nSPS) is 16.8. The fourth-order valence-corrected chi connectivity index (χ4v) is 0.292. The van der Waals surface area contributed by atoms with E-state index in [1.54, 1.807) is 0 Å². The first-order chi connectivity index (χ1) is 4.63. The molecule has 0 aromatic rings. The third kappa shape index (κ3) is 7.26. The monoisotopic (exact) mass is 148 g/mol. The van der Waals surface area contributed by atoms with Crippen LogP contribution in [0, 0.1) is 0 Å². The second-order valence-electron chi connectivity index (χ2n) is 1.74. The summed E-state index contributed by atoms with van der Waals surface area (Å²) in [5, 5.41) is 17.1. The number of aliphatic hydroxyl groups excluding tert-OH is 2. The van der Waals surface area contributed by atoms with Crippen LogP contribution in [-0.4, -0.2) is 22.8 Å². The maximum Gasteiger partial charge on any atom is 0.193 e. The summed E-state index contributed by atoms with van der Waals surface area (Å²) in [7, 11) is 0. The molecule has 0 aliphatic heterocycles. The molecule has 2 unspecified atom stereocenters. The van der Waals surface area contributed by atoms with Crippen molar-refractivity contribution in [3.05, 3.63) is 12.5 Å². The quantitative estimate of drug-likeness (QED) is 0.440. The van der Waals surface area contributed by atoms with Crippen LogP contribution < -0.4 is 0 Å². The summed E-state index contributed by atoms with van der Waals surface area (Å²) in [6.07, 6.45) is 0.622. The van der Waals surface area contributed by atoms with Gasteiger partial charge in [-0.2, -0.15) is 0 Å². The van der Waals surface area contributed by atoms with Crippen molar-refractivity contribution in [2.24, 2.45) is 0 Å². The van der Waals surface area contributed by atoms with Gasteiger partial charge in [-0.05, 0) is 13.8 Å². The highest BCUT2D eigenvalue weighted by Gasteiger charge is 1.89. The molecule has 0 rings (SSSR count). The highest BCUT2D eigenvalue weighted by Crippen LogP contribution is 1.88. The number of ether oxygens (including phenoxy) is 2. The lowest BCUT2D eigenvalue weighted by atomic mass is 10.7. The highest BCUT2D eigenvalue weighted by molar-refractivity contribution is 4.60. The van der Waals surface area contributed by atoms with Gasteiger partial charge in [-0.25, -0.2) is 0 Å². The van der Waals surface area contributed by atoms with Gasteiger partial charge in [-0.15, -0.1) is 0 Å². The van der Waals surface area contributed by atoms with Gasteiger partial charge in [0.15, 0.2) is 12.6 Å². The van der Waals surface area contributed by atoms with Gasteiger partial charge in [0.25, 0.3) is 0 Å². The van der Waals surface area contributed by atoms with Crippen molar-refractivity contribution in [2.45, 2.75) is 26.4 Å². The number of hydrogen-bond acceptors (Lipinski definition) is 4. The molecule has 0 saturated heterocycles. The molecule has 0 aliphatic rings. The van der Waals surface area contributed by atoms with Crippen molar-refractivity contribution in [3.8, 4) is 0 Å². The fraction of sp³-hybridized carbons (Fsp3) is 0.667. The van der Waals surface area contributed by atoms with Crippen LogP contribution in [0.5, 0.6) is 0 Å². The molecular weight excluding hydrogens is 136 g/mol. The number of rotatable bonds is 4. The Kier molecular flexibility index (Phi) is 4.70. The van der Waals surface area contributed by atoms with Crippen molar-refractivity contribution in [2.75, 3.05) is 0 Å². The van der Waals surface area contributed by atoms with E-state index in [1.165, 1.54) is 13.8 Å². The van der Waals surface area contributed by atoms with E-state index in [0.29, 0.717) is 0 Å². The molecule has 4 nitrogen and oxygen atoms in total. The minimum atomic E-state index is -0.853. The molecular formula is C6H12O4. The van der Waals surface area contributed by atoms with Gasteiger partial charge in [0.05, 0.1) is 0 Å². The Morgan fingerprint density at radius 1 is 1.00 bits per heavy atom. The van der Waals surface area contributed by atoms with Crippen LogP contribution in [0.3, 0.4) is 0 Å². The van der Waals surface area contributed by atoms with Gasteiger partial charge in [0.2, 0.25) is 0 Å². The van der Waals surface area contributed by atoms with Crippen molar-refractivity contribution in [1.82, 2.24) is 0 Å². The lowest BCUT2D eigenvalue weighted by Crippen LogP contribution is -2.02. The smallest absolute Gasteiger partial charge is 0.193 e. The van der Waals surface area contributed by atoms with E-state index < -0.39 is 12.6 Å². The highest BCUT2D eigenvalue weighted by atomic mass is 16.6. The van der Waals surface area contributed by atoms with Crippen LogP contribution in [0.1, 0.15) is 13.8 Å². The van der Waals surface area contributed by atoms with Gasteiger partial charge in [0.1, 0.15) is 12.5 Å². The summed E-state index contributed by atoms with van der Waals surface area (Å²) in [4.78, 5) is 0. The maximum atomic E-state index is 8.53. The molecule has 0 amide bonds.